The molecule has 1 unspecified atom stereocenters. The maximum Gasteiger partial charge on any atom is 0.241 e. The SMILES string of the molecule is N[C@@H](Cc1ccccc1)C(=O)N1CCC(=O)C1Sc1ccccc1. The van der Waals surface area contributed by atoms with Crippen LogP contribution in [0.2, 0.25) is 0 Å². The quantitative estimate of drug-likeness (QED) is 0.908. The van der Waals surface area contributed by atoms with Crippen molar-refractivity contribution in [1.82, 2.24) is 4.90 Å². The number of rotatable bonds is 5. The van der Waals surface area contributed by atoms with Crippen LogP contribution in [0.15, 0.2) is 65.6 Å². The molecule has 0 spiro atoms. The minimum Gasteiger partial charge on any atom is -0.321 e. The predicted molar refractivity (Wildman–Crippen MR) is 95.5 cm³/mol. The van der Waals surface area contributed by atoms with Gasteiger partial charge >= 0.3 is 0 Å². The van der Waals surface area contributed by atoms with Crippen LogP contribution in [0.4, 0.5) is 0 Å². The molecule has 5 heteroatoms. The molecule has 1 amide bonds. The van der Waals surface area contributed by atoms with Crippen molar-refractivity contribution in [2.24, 2.45) is 5.73 Å². The van der Waals surface area contributed by atoms with Crippen LogP contribution in [0.1, 0.15) is 12.0 Å². The Bertz CT molecular complexity index is 706. The normalized spacial score (nSPS) is 18.6. The number of thioether (sulfide) groups is 1. The molecule has 1 aliphatic heterocycles. The Morgan fingerprint density at radius 1 is 1.12 bits per heavy atom. The van der Waals surface area contributed by atoms with Gasteiger partial charge in [-0.2, -0.15) is 0 Å². The lowest BCUT2D eigenvalue weighted by Crippen LogP contribution is -2.47. The van der Waals surface area contributed by atoms with Crippen molar-refractivity contribution in [3.05, 3.63) is 66.2 Å². The summed E-state index contributed by atoms with van der Waals surface area (Å²) in [7, 11) is 0. The molecule has 1 fully saturated rings. The van der Waals surface area contributed by atoms with Crippen molar-refractivity contribution >= 4 is 23.5 Å². The number of amides is 1. The lowest BCUT2D eigenvalue weighted by atomic mass is 10.1. The first-order valence-corrected chi connectivity index (χ1v) is 8.87. The number of Topliss-reactive ketones (excluding diaryl/α,β-unsaturated/α-hetero) is 1. The summed E-state index contributed by atoms with van der Waals surface area (Å²) in [6.07, 6.45) is 0.876. The molecule has 1 saturated heterocycles. The number of nitrogens with two attached hydrogens (primary N) is 1. The minimum absolute atomic E-state index is 0.0871. The molecule has 3 rings (SSSR count). The lowest BCUT2D eigenvalue weighted by Gasteiger charge is -2.26. The average molecular weight is 340 g/mol. The molecular weight excluding hydrogens is 320 g/mol. The number of ketones is 1. The van der Waals surface area contributed by atoms with E-state index in [4.69, 9.17) is 5.73 Å². The fraction of sp³-hybridized carbons (Fsp3) is 0.263. The zero-order valence-corrected chi connectivity index (χ0v) is 14.1. The van der Waals surface area contributed by atoms with E-state index in [0.29, 0.717) is 19.4 Å². The van der Waals surface area contributed by atoms with Crippen LogP contribution >= 0.6 is 11.8 Å². The van der Waals surface area contributed by atoms with Crippen molar-refractivity contribution in [1.29, 1.82) is 0 Å². The third-order valence-electron chi connectivity index (χ3n) is 4.05. The summed E-state index contributed by atoms with van der Waals surface area (Å²) in [5.41, 5.74) is 7.14. The molecule has 2 N–H and O–H groups in total. The fourth-order valence-corrected chi connectivity index (χ4v) is 3.95. The zero-order chi connectivity index (χ0) is 16.9. The first-order valence-electron chi connectivity index (χ1n) is 7.99. The van der Waals surface area contributed by atoms with Crippen LogP contribution in [0, 0.1) is 0 Å². The predicted octanol–water partition coefficient (Wildman–Crippen LogP) is 2.48. The van der Waals surface area contributed by atoms with Crippen LogP contribution in [0.3, 0.4) is 0 Å². The summed E-state index contributed by atoms with van der Waals surface area (Å²) in [5.74, 6) is -0.0674. The maximum atomic E-state index is 12.7. The van der Waals surface area contributed by atoms with Crippen LogP contribution in [-0.2, 0) is 16.0 Å². The molecule has 1 aliphatic rings. The van der Waals surface area contributed by atoms with Gasteiger partial charge in [-0.05, 0) is 24.1 Å². The van der Waals surface area contributed by atoms with Gasteiger partial charge in [0, 0.05) is 17.9 Å². The largest absolute Gasteiger partial charge is 0.321 e. The van der Waals surface area contributed by atoms with Gasteiger partial charge in [-0.3, -0.25) is 9.59 Å². The minimum atomic E-state index is -0.628. The van der Waals surface area contributed by atoms with Gasteiger partial charge in [-0.15, -0.1) is 0 Å². The molecule has 4 nitrogen and oxygen atoms in total. The van der Waals surface area contributed by atoms with E-state index in [1.54, 1.807) is 4.90 Å². The molecule has 2 aromatic rings. The van der Waals surface area contributed by atoms with Gasteiger partial charge < -0.3 is 10.6 Å². The third-order valence-corrected chi connectivity index (χ3v) is 5.33. The molecule has 124 valence electrons. The Kier molecular flexibility index (Phi) is 5.33. The topological polar surface area (TPSA) is 63.4 Å². The van der Waals surface area contributed by atoms with Crippen LogP contribution in [-0.4, -0.2) is 34.6 Å². The van der Waals surface area contributed by atoms with E-state index < -0.39 is 11.4 Å². The second kappa shape index (κ2) is 7.64. The maximum absolute atomic E-state index is 12.7. The number of hydrogen-bond donors (Lipinski definition) is 1. The average Bonchev–Trinajstić information content (AvgIpc) is 2.97. The van der Waals surface area contributed by atoms with E-state index in [-0.39, 0.29) is 11.7 Å². The third kappa shape index (κ3) is 3.86. The molecule has 0 aromatic heterocycles. The van der Waals surface area contributed by atoms with Gasteiger partial charge in [-0.25, -0.2) is 0 Å². The molecule has 0 saturated carbocycles. The molecule has 2 atom stereocenters. The summed E-state index contributed by atoms with van der Waals surface area (Å²) in [6, 6.07) is 18.8. The van der Waals surface area contributed by atoms with E-state index in [9.17, 15) is 9.59 Å². The van der Waals surface area contributed by atoms with Gasteiger partial charge in [-0.1, -0.05) is 60.3 Å². The molecule has 24 heavy (non-hydrogen) atoms. The summed E-state index contributed by atoms with van der Waals surface area (Å²) in [5, 5.41) is -0.471. The highest BCUT2D eigenvalue weighted by Gasteiger charge is 2.38. The van der Waals surface area contributed by atoms with Gasteiger partial charge in [0.1, 0.15) is 5.37 Å². The molecular formula is C19H20N2O2S. The first-order chi connectivity index (χ1) is 11.6. The second-order valence-electron chi connectivity index (χ2n) is 5.83. The molecule has 0 bridgehead atoms. The first kappa shape index (κ1) is 16.7. The highest BCUT2D eigenvalue weighted by Crippen LogP contribution is 2.31. The van der Waals surface area contributed by atoms with Crippen molar-refractivity contribution in [2.45, 2.75) is 29.2 Å². The van der Waals surface area contributed by atoms with Gasteiger partial charge in [0.15, 0.2) is 5.78 Å². The standard InChI is InChI=1S/C19H20N2O2S/c20-16(13-14-7-3-1-4-8-14)18(23)21-12-11-17(22)19(21)24-15-9-5-2-6-10-15/h1-10,16,19H,11-13,20H2/t16-,19?/m0/s1. The van der Waals surface area contributed by atoms with Gasteiger partial charge in [0.25, 0.3) is 0 Å². The number of nitrogens with zero attached hydrogens (tertiary/aromatic N) is 1. The summed E-state index contributed by atoms with van der Waals surface area (Å²) >= 11 is 1.42. The van der Waals surface area contributed by atoms with Crippen LogP contribution in [0.5, 0.6) is 0 Å². The summed E-state index contributed by atoms with van der Waals surface area (Å²) < 4.78 is 0. The Morgan fingerprint density at radius 2 is 1.75 bits per heavy atom. The Hall–Kier alpha value is -2.11. The van der Waals surface area contributed by atoms with Crippen molar-refractivity contribution in [3.63, 3.8) is 0 Å². The molecule has 0 radical (unpaired) electrons. The van der Waals surface area contributed by atoms with Gasteiger partial charge in [0.05, 0.1) is 6.04 Å². The number of hydrogen-bond acceptors (Lipinski definition) is 4. The smallest absolute Gasteiger partial charge is 0.241 e. The van der Waals surface area contributed by atoms with E-state index in [1.807, 2.05) is 60.7 Å². The molecule has 2 aromatic carbocycles. The number of likely N-dealkylation sites (tertiary alicyclic amines) is 1. The fourth-order valence-electron chi connectivity index (χ4n) is 2.80. The van der Waals surface area contributed by atoms with Crippen LogP contribution in [0.25, 0.3) is 0 Å². The second-order valence-corrected chi connectivity index (χ2v) is 6.98. The Balaban J connectivity index is 1.69. The van der Waals surface area contributed by atoms with E-state index >= 15 is 0 Å². The van der Waals surface area contributed by atoms with Crippen molar-refractivity contribution < 1.29 is 9.59 Å². The van der Waals surface area contributed by atoms with E-state index in [2.05, 4.69) is 0 Å². The van der Waals surface area contributed by atoms with Crippen molar-refractivity contribution in [3.8, 4) is 0 Å². The Morgan fingerprint density at radius 3 is 2.42 bits per heavy atom. The highest BCUT2D eigenvalue weighted by molar-refractivity contribution is 8.00. The number of carbonyl (C=O) groups is 2. The number of benzene rings is 2. The van der Waals surface area contributed by atoms with Crippen molar-refractivity contribution in [2.75, 3.05) is 6.54 Å². The van der Waals surface area contributed by atoms with E-state index in [1.165, 1.54) is 11.8 Å². The molecule has 1 heterocycles. The monoisotopic (exact) mass is 340 g/mol. The Labute approximate surface area is 146 Å². The van der Waals surface area contributed by atoms with Gasteiger partial charge in [0.2, 0.25) is 5.91 Å². The molecule has 0 aliphatic carbocycles. The zero-order valence-electron chi connectivity index (χ0n) is 13.3. The lowest BCUT2D eigenvalue weighted by molar-refractivity contribution is -0.133. The highest BCUT2D eigenvalue weighted by atomic mass is 32.2. The summed E-state index contributed by atoms with van der Waals surface area (Å²) in [4.78, 5) is 27.6. The van der Waals surface area contributed by atoms with E-state index in [0.717, 1.165) is 10.5 Å². The van der Waals surface area contributed by atoms with Crippen LogP contribution < -0.4 is 5.73 Å². The summed E-state index contributed by atoms with van der Waals surface area (Å²) in [6.45, 7) is 0.449. The number of carbonyl (C=O) groups excluding carboxylic acids is 2.